The second kappa shape index (κ2) is 7.76. The number of nitrogens with zero attached hydrogens (tertiary/aromatic N) is 2. The average Bonchev–Trinajstić information content (AvgIpc) is 2.49. The number of benzene rings is 1. The first kappa shape index (κ1) is 18.7. The number of hydrogen-bond acceptors (Lipinski definition) is 4. The minimum absolute atomic E-state index is 0.464. The smallest absolute Gasteiger partial charge is 0.299 e. The van der Waals surface area contributed by atoms with Crippen LogP contribution in [0.3, 0.4) is 0 Å². The Balaban J connectivity index is 3.19. The van der Waals surface area contributed by atoms with Crippen LogP contribution in [0.15, 0.2) is 17.1 Å². The number of halogens is 3. The van der Waals surface area contributed by atoms with Crippen molar-refractivity contribution in [3.05, 3.63) is 12.1 Å². The maximum absolute atomic E-state index is 11.5. The first-order valence-corrected chi connectivity index (χ1v) is 7.06. The van der Waals surface area contributed by atoms with E-state index in [4.69, 9.17) is 49.0 Å². The van der Waals surface area contributed by atoms with Crippen molar-refractivity contribution in [1.82, 2.24) is 0 Å². The van der Waals surface area contributed by atoms with Crippen LogP contribution in [0.1, 0.15) is 0 Å². The van der Waals surface area contributed by atoms with Gasteiger partial charge in [-0.05, 0) is 0 Å². The zero-order valence-corrected chi connectivity index (χ0v) is 14.7. The lowest BCUT2D eigenvalue weighted by Gasteiger charge is -2.21. The Kier molecular flexibility index (Phi) is 6.59. The van der Waals surface area contributed by atoms with Gasteiger partial charge < -0.3 is 19.1 Å². The molecule has 0 fully saturated rings. The fraction of sp³-hybridized carbons (Fsp3) is 0.385. The Hall–Kier alpha value is -1.37. The Morgan fingerprint density at radius 2 is 1.64 bits per heavy atom. The van der Waals surface area contributed by atoms with Crippen LogP contribution < -0.4 is 19.1 Å². The molecular weight excluding hydrogens is 355 g/mol. The van der Waals surface area contributed by atoms with E-state index >= 15 is 0 Å². The number of anilines is 1. The summed E-state index contributed by atoms with van der Waals surface area (Å²) in [6.07, 6.45) is 1.21. The van der Waals surface area contributed by atoms with Gasteiger partial charge in [0, 0.05) is 19.2 Å². The summed E-state index contributed by atoms with van der Waals surface area (Å²) in [5.74, 6) is 0.578. The van der Waals surface area contributed by atoms with Gasteiger partial charge in [0.2, 0.25) is 0 Å². The largest absolute Gasteiger partial charge is 0.496 e. The maximum Gasteiger partial charge on any atom is 0.299 e. The number of hydrogen-bond donors (Lipinski definition) is 0. The second-order valence-corrected chi connectivity index (χ2v) is 6.32. The van der Waals surface area contributed by atoms with Crippen LogP contribution in [0.5, 0.6) is 17.2 Å². The normalized spacial score (nSPS) is 11.4. The Morgan fingerprint density at radius 3 is 2.00 bits per heavy atom. The molecule has 0 aliphatic heterocycles. The number of carbonyl (C=O) groups excluding carboxylic acids is 1. The highest BCUT2D eigenvalue weighted by Gasteiger charge is 2.30. The monoisotopic (exact) mass is 368 g/mol. The van der Waals surface area contributed by atoms with Crippen LogP contribution in [0.2, 0.25) is 0 Å². The molecule has 122 valence electrons. The van der Waals surface area contributed by atoms with Crippen molar-refractivity contribution in [1.29, 1.82) is 0 Å². The molecule has 22 heavy (non-hydrogen) atoms. The summed E-state index contributed by atoms with van der Waals surface area (Å²) >= 11 is 16.4. The first-order valence-electron chi connectivity index (χ1n) is 5.92. The molecule has 1 aromatic rings. The van der Waals surface area contributed by atoms with E-state index in [2.05, 4.69) is 4.99 Å². The van der Waals surface area contributed by atoms with Crippen molar-refractivity contribution in [3.8, 4) is 17.2 Å². The number of rotatable bonds is 5. The molecule has 0 aromatic heterocycles. The Bertz CT molecular complexity index is 548. The van der Waals surface area contributed by atoms with E-state index in [0.717, 1.165) is 0 Å². The van der Waals surface area contributed by atoms with Crippen molar-refractivity contribution in [2.24, 2.45) is 4.99 Å². The lowest BCUT2D eigenvalue weighted by atomic mass is 10.2. The van der Waals surface area contributed by atoms with Crippen LogP contribution in [-0.2, 0) is 4.79 Å². The molecule has 0 spiro atoms. The highest BCUT2D eigenvalue weighted by atomic mass is 35.6. The number of ether oxygens (including phenoxy) is 3. The molecule has 0 bridgehead atoms. The third-order valence-electron chi connectivity index (χ3n) is 2.63. The van der Waals surface area contributed by atoms with Gasteiger partial charge in [0.15, 0.2) is 0 Å². The van der Waals surface area contributed by atoms with Gasteiger partial charge in [-0.1, -0.05) is 34.8 Å². The summed E-state index contributed by atoms with van der Waals surface area (Å²) in [6, 6.07) is 3.33. The Labute approximate surface area is 143 Å². The van der Waals surface area contributed by atoms with Crippen LogP contribution in [0.25, 0.3) is 0 Å². The van der Waals surface area contributed by atoms with Crippen molar-refractivity contribution >= 4 is 52.7 Å². The lowest BCUT2D eigenvalue weighted by molar-refractivity contribution is -0.116. The van der Waals surface area contributed by atoms with E-state index in [9.17, 15) is 4.79 Å². The standard InChI is InChI=1S/C13H15Cl3N2O4/c1-18(7-17-12(19)13(14,15)16)11-9(21-3)5-8(20-2)6-10(11)22-4/h5-7H,1-4H3. The molecule has 1 rings (SSSR count). The zero-order valence-electron chi connectivity index (χ0n) is 12.4. The van der Waals surface area contributed by atoms with Gasteiger partial charge in [-0.25, -0.2) is 0 Å². The van der Waals surface area contributed by atoms with Gasteiger partial charge in [0.05, 0.1) is 27.7 Å². The van der Waals surface area contributed by atoms with E-state index in [1.165, 1.54) is 32.6 Å². The minimum Gasteiger partial charge on any atom is -0.496 e. The predicted octanol–water partition coefficient (Wildman–Crippen LogP) is 3.07. The second-order valence-electron chi connectivity index (χ2n) is 4.04. The van der Waals surface area contributed by atoms with Crippen LogP contribution in [0, 0.1) is 0 Å². The molecule has 0 N–H and O–H groups in total. The average molecular weight is 370 g/mol. The highest BCUT2D eigenvalue weighted by Crippen LogP contribution is 2.40. The molecule has 0 saturated heterocycles. The molecular formula is C13H15Cl3N2O4. The number of carbonyl (C=O) groups is 1. The SMILES string of the molecule is COc1cc(OC)c(N(C)C=NC(=O)C(Cl)(Cl)Cl)c(OC)c1. The minimum atomic E-state index is -2.11. The molecule has 1 aromatic carbocycles. The van der Waals surface area contributed by atoms with Gasteiger partial charge in [-0.15, -0.1) is 0 Å². The van der Waals surface area contributed by atoms with Crippen molar-refractivity contribution in [2.45, 2.75) is 3.79 Å². The topological polar surface area (TPSA) is 60.4 Å². The molecule has 0 aliphatic rings. The molecule has 0 radical (unpaired) electrons. The lowest BCUT2D eigenvalue weighted by Crippen LogP contribution is -2.21. The summed E-state index contributed by atoms with van der Waals surface area (Å²) in [5.41, 5.74) is 0.534. The molecule has 0 unspecified atom stereocenters. The summed E-state index contributed by atoms with van der Waals surface area (Å²) in [4.78, 5) is 16.6. The molecule has 6 nitrogen and oxygen atoms in total. The summed E-state index contributed by atoms with van der Waals surface area (Å²) in [7, 11) is 6.16. The van der Waals surface area contributed by atoms with E-state index in [0.29, 0.717) is 22.9 Å². The predicted molar refractivity (Wildman–Crippen MR) is 88.3 cm³/mol. The van der Waals surface area contributed by atoms with Gasteiger partial charge in [-0.2, -0.15) is 4.99 Å². The van der Waals surface area contributed by atoms with Gasteiger partial charge in [0.25, 0.3) is 9.70 Å². The molecule has 0 aliphatic carbocycles. The maximum atomic E-state index is 11.5. The van der Waals surface area contributed by atoms with Crippen molar-refractivity contribution in [3.63, 3.8) is 0 Å². The van der Waals surface area contributed by atoms with E-state index in [1.54, 1.807) is 19.2 Å². The fourth-order valence-corrected chi connectivity index (χ4v) is 1.75. The van der Waals surface area contributed by atoms with Crippen molar-refractivity contribution < 1.29 is 19.0 Å². The Morgan fingerprint density at radius 1 is 1.14 bits per heavy atom. The quantitative estimate of drug-likeness (QED) is 0.453. The molecule has 9 heteroatoms. The summed E-state index contributed by atoms with van der Waals surface area (Å²) in [6.45, 7) is 0. The number of alkyl halides is 3. The van der Waals surface area contributed by atoms with Gasteiger partial charge >= 0.3 is 0 Å². The van der Waals surface area contributed by atoms with Gasteiger partial charge in [0.1, 0.15) is 22.9 Å². The molecule has 0 heterocycles. The van der Waals surface area contributed by atoms with Crippen LogP contribution in [-0.4, -0.2) is 44.4 Å². The third-order valence-corrected chi connectivity index (χ3v) is 3.12. The molecule has 0 atom stereocenters. The first-order chi connectivity index (χ1) is 10.2. The summed E-state index contributed by atoms with van der Waals surface area (Å²) in [5, 5.41) is 0. The van der Waals surface area contributed by atoms with E-state index in [-0.39, 0.29) is 0 Å². The summed E-state index contributed by atoms with van der Waals surface area (Å²) < 4.78 is 13.7. The van der Waals surface area contributed by atoms with E-state index < -0.39 is 9.70 Å². The van der Waals surface area contributed by atoms with Gasteiger partial charge in [-0.3, -0.25) is 4.79 Å². The zero-order chi connectivity index (χ0) is 16.9. The van der Waals surface area contributed by atoms with Crippen molar-refractivity contribution in [2.75, 3.05) is 33.3 Å². The van der Waals surface area contributed by atoms with Crippen LogP contribution in [0.4, 0.5) is 5.69 Å². The number of aliphatic imine (C=N–C) groups is 1. The molecule has 0 saturated carbocycles. The van der Waals surface area contributed by atoms with E-state index in [1.807, 2.05) is 0 Å². The van der Waals surface area contributed by atoms with Crippen LogP contribution >= 0.6 is 34.8 Å². The number of amides is 1. The highest BCUT2D eigenvalue weighted by molar-refractivity contribution is 6.76. The third kappa shape index (κ3) is 4.56. The fourth-order valence-electron chi connectivity index (χ4n) is 1.60. The number of methoxy groups -OCH3 is 3. The molecule has 1 amide bonds.